The predicted molar refractivity (Wildman–Crippen MR) is 64.6 cm³/mol. The molecule has 1 aromatic carbocycles. The number of oxazole rings is 1. The first-order chi connectivity index (χ1) is 9.87. The predicted octanol–water partition coefficient (Wildman–Crippen LogP) is 3.12. The van der Waals surface area contributed by atoms with E-state index in [-0.39, 0.29) is 11.7 Å². The van der Waals surface area contributed by atoms with Gasteiger partial charge in [-0.2, -0.15) is 13.2 Å². The normalized spacial score (nSPS) is 11.6. The van der Waals surface area contributed by atoms with Gasteiger partial charge in [-0.1, -0.05) is 18.2 Å². The van der Waals surface area contributed by atoms with Gasteiger partial charge in [-0.25, -0.2) is 9.78 Å². The molecule has 0 spiro atoms. The summed E-state index contributed by atoms with van der Waals surface area (Å²) in [6.45, 7) is -2.12. The first-order valence-corrected chi connectivity index (χ1v) is 5.80. The van der Waals surface area contributed by atoms with E-state index >= 15 is 0 Å². The zero-order chi connectivity index (χ0) is 15.5. The Bertz CT molecular complexity index is 622. The van der Waals surface area contributed by atoms with E-state index < -0.39 is 31.1 Å². The van der Waals surface area contributed by atoms with Crippen molar-refractivity contribution in [3.63, 3.8) is 0 Å². The Balaban J connectivity index is 2.20. The second kappa shape index (κ2) is 5.96. The van der Waals surface area contributed by atoms with Crippen molar-refractivity contribution in [1.82, 2.24) is 4.98 Å². The van der Waals surface area contributed by atoms with E-state index in [2.05, 4.69) is 9.72 Å². The maximum absolute atomic E-state index is 12.0. The quantitative estimate of drug-likeness (QED) is 0.918. The van der Waals surface area contributed by atoms with Crippen LogP contribution in [0, 0.1) is 0 Å². The molecule has 0 atom stereocenters. The van der Waals surface area contributed by atoms with Crippen LogP contribution >= 0.6 is 0 Å². The summed E-state index contributed by atoms with van der Waals surface area (Å²) in [6.07, 6.45) is -4.49. The molecule has 21 heavy (non-hydrogen) atoms. The van der Waals surface area contributed by atoms with Crippen LogP contribution in [0.5, 0.6) is 0 Å². The number of halogens is 3. The van der Waals surface area contributed by atoms with E-state index in [1.807, 2.05) is 0 Å². The van der Waals surface area contributed by atoms with Crippen LogP contribution < -0.4 is 0 Å². The first kappa shape index (κ1) is 15.0. The number of carboxylic acid groups (broad SMARTS) is 1. The fourth-order valence-corrected chi connectivity index (χ4v) is 1.58. The SMILES string of the molecule is O=C(O)c1nc(-c2ccccc2)oc1COCC(F)(F)F. The van der Waals surface area contributed by atoms with Gasteiger partial charge in [0.1, 0.15) is 13.2 Å². The van der Waals surface area contributed by atoms with Crippen molar-refractivity contribution in [2.75, 3.05) is 6.61 Å². The molecule has 0 amide bonds. The number of ether oxygens (including phenoxy) is 1. The number of carbonyl (C=O) groups is 1. The monoisotopic (exact) mass is 301 g/mol. The summed E-state index contributed by atoms with van der Waals surface area (Å²) in [5.41, 5.74) is 0.0538. The smallest absolute Gasteiger partial charge is 0.411 e. The third-order valence-corrected chi connectivity index (χ3v) is 2.42. The maximum atomic E-state index is 12.0. The van der Waals surface area contributed by atoms with Gasteiger partial charge >= 0.3 is 12.1 Å². The lowest BCUT2D eigenvalue weighted by Crippen LogP contribution is -2.17. The van der Waals surface area contributed by atoms with E-state index in [0.29, 0.717) is 5.56 Å². The molecule has 8 heteroatoms. The summed E-state index contributed by atoms with van der Waals surface area (Å²) in [5, 5.41) is 8.98. The number of rotatable bonds is 5. The Morgan fingerprint density at radius 1 is 1.29 bits per heavy atom. The molecule has 0 aliphatic heterocycles. The first-order valence-electron chi connectivity index (χ1n) is 5.80. The topological polar surface area (TPSA) is 72.6 Å². The van der Waals surface area contributed by atoms with Gasteiger partial charge in [0.2, 0.25) is 5.89 Å². The van der Waals surface area contributed by atoms with Gasteiger partial charge in [0.15, 0.2) is 11.5 Å². The number of hydrogen-bond donors (Lipinski definition) is 1. The Kier molecular flexibility index (Phi) is 4.27. The summed E-state index contributed by atoms with van der Waals surface area (Å²) in [5.74, 6) is -1.64. The van der Waals surface area contributed by atoms with E-state index in [1.165, 1.54) is 0 Å². The minimum absolute atomic E-state index is 0.0126. The third-order valence-electron chi connectivity index (χ3n) is 2.42. The molecular formula is C13H10F3NO4. The molecule has 1 aromatic heterocycles. The molecule has 0 saturated carbocycles. The minimum Gasteiger partial charge on any atom is -0.476 e. The summed E-state index contributed by atoms with van der Waals surface area (Å²) < 4.78 is 45.6. The highest BCUT2D eigenvalue weighted by Gasteiger charge is 2.28. The van der Waals surface area contributed by atoms with Crippen molar-refractivity contribution in [1.29, 1.82) is 0 Å². The Morgan fingerprint density at radius 3 is 2.52 bits per heavy atom. The average Bonchev–Trinajstić information content (AvgIpc) is 2.83. The molecule has 0 aliphatic carbocycles. The van der Waals surface area contributed by atoms with Gasteiger partial charge in [0.05, 0.1) is 0 Å². The molecule has 0 radical (unpaired) electrons. The average molecular weight is 301 g/mol. The van der Waals surface area contributed by atoms with Crippen molar-refractivity contribution in [3.8, 4) is 11.5 Å². The van der Waals surface area contributed by atoms with Crippen LogP contribution in [0.3, 0.4) is 0 Å². The number of aromatic nitrogens is 1. The molecule has 1 N–H and O–H groups in total. The molecule has 1 heterocycles. The van der Waals surface area contributed by atoms with Crippen LogP contribution in [-0.4, -0.2) is 28.8 Å². The largest absolute Gasteiger partial charge is 0.476 e. The molecular weight excluding hydrogens is 291 g/mol. The van der Waals surface area contributed by atoms with Crippen molar-refractivity contribution in [3.05, 3.63) is 41.8 Å². The van der Waals surface area contributed by atoms with E-state index in [4.69, 9.17) is 9.52 Å². The Labute approximate surface area is 117 Å². The van der Waals surface area contributed by atoms with E-state index in [0.717, 1.165) is 0 Å². The fraction of sp³-hybridized carbons (Fsp3) is 0.231. The maximum Gasteiger partial charge on any atom is 0.411 e. The molecule has 2 rings (SSSR count). The summed E-state index contributed by atoms with van der Waals surface area (Å²) in [4.78, 5) is 14.8. The lowest BCUT2D eigenvalue weighted by atomic mass is 10.2. The standard InChI is InChI=1S/C13H10F3NO4/c14-13(15,16)7-20-6-9-10(12(18)19)17-11(21-9)8-4-2-1-3-5-8/h1-5H,6-7H2,(H,18,19). The van der Waals surface area contributed by atoms with Crippen molar-refractivity contribution in [2.45, 2.75) is 12.8 Å². The lowest BCUT2D eigenvalue weighted by molar-refractivity contribution is -0.177. The van der Waals surface area contributed by atoms with Crippen molar-refractivity contribution >= 4 is 5.97 Å². The number of benzene rings is 1. The molecule has 2 aromatic rings. The molecule has 112 valence electrons. The zero-order valence-corrected chi connectivity index (χ0v) is 10.6. The fourth-order valence-electron chi connectivity index (χ4n) is 1.58. The molecule has 0 aliphatic rings. The van der Waals surface area contributed by atoms with Crippen LogP contribution in [-0.2, 0) is 11.3 Å². The van der Waals surface area contributed by atoms with Crippen LogP contribution in [0.15, 0.2) is 34.7 Å². The zero-order valence-electron chi connectivity index (χ0n) is 10.6. The second-order valence-electron chi connectivity index (χ2n) is 4.07. The second-order valence-corrected chi connectivity index (χ2v) is 4.07. The summed E-state index contributed by atoms with van der Waals surface area (Å²) >= 11 is 0. The van der Waals surface area contributed by atoms with Crippen LogP contribution in [0.1, 0.15) is 16.2 Å². The molecule has 0 unspecified atom stereocenters. The van der Waals surface area contributed by atoms with Crippen LogP contribution in [0.2, 0.25) is 0 Å². The molecule has 0 fully saturated rings. The van der Waals surface area contributed by atoms with Gasteiger partial charge in [-0.05, 0) is 12.1 Å². The van der Waals surface area contributed by atoms with Gasteiger partial charge in [-0.3, -0.25) is 0 Å². The lowest BCUT2D eigenvalue weighted by Gasteiger charge is -2.05. The molecule has 0 bridgehead atoms. The van der Waals surface area contributed by atoms with Crippen molar-refractivity contribution in [2.24, 2.45) is 0 Å². The Morgan fingerprint density at radius 2 is 1.95 bits per heavy atom. The van der Waals surface area contributed by atoms with Gasteiger partial charge in [0.25, 0.3) is 0 Å². The number of alkyl halides is 3. The minimum atomic E-state index is -4.49. The summed E-state index contributed by atoms with van der Waals surface area (Å²) in [7, 11) is 0. The Hall–Kier alpha value is -2.35. The van der Waals surface area contributed by atoms with Gasteiger partial charge in [0, 0.05) is 5.56 Å². The number of nitrogens with zero attached hydrogens (tertiary/aromatic N) is 1. The highest BCUT2D eigenvalue weighted by atomic mass is 19.4. The summed E-state index contributed by atoms with van der Waals surface area (Å²) in [6, 6.07) is 8.41. The molecule has 0 saturated heterocycles. The number of carboxylic acids is 1. The number of hydrogen-bond acceptors (Lipinski definition) is 4. The molecule has 5 nitrogen and oxygen atoms in total. The van der Waals surface area contributed by atoms with Gasteiger partial charge < -0.3 is 14.3 Å². The van der Waals surface area contributed by atoms with E-state index in [9.17, 15) is 18.0 Å². The van der Waals surface area contributed by atoms with Crippen molar-refractivity contribution < 1.29 is 32.2 Å². The highest BCUT2D eigenvalue weighted by Crippen LogP contribution is 2.23. The number of aromatic carboxylic acids is 1. The van der Waals surface area contributed by atoms with E-state index in [1.54, 1.807) is 30.3 Å². The third kappa shape index (κ3) is 4.06. The van der Waals surface area contributed by atoms with Crippen LogP contribution in [0.25, 0.3) is 11.5 Å². The highest BCUT2D eigenvalue weighted by molar-refractivity contribution is 5.87. The van der Waals surface area contributed by atoms with Gasteiger partial charge in [-0.15, -0.1) is 0 Å². The van der Waals surface area contributed by atoms with Crippen LogP contribution in [0.4, 0.5) is 13.2 Å².